The first-order chi connectivity index (χ1) is 9.04. The second kappa shape index (κ2) is 5.57. The van der Waals surface area contributed by atoms with Gasteiger partial charge in [-0.15, -0.1) is 0 Å². The number of hydrogen-bond donors (Lipinski definition) is 0. The Morgan fingerprint density at radius 3 is 2.63 bits per heavy atom. The molecular weight excluding hydrogens is 307 g/mol. The summed E-state index contributed by atoms with van der Waals surface area (Å²) < 4.78 is 19.7. The third-order valence-corrected chi connectivity index (χ3v) is 3.63. The lowest BCUT2D eigenvalue weighted by Gasteiger charge is -2.11. The number of benzene rings is 2. The van der Waals surface area contributed by atoms with E-state index in [9.17, 15) is 4.39 Å². The average molecular weight is 321 g/mol. The summed E-state index contributed by atoms with van der Waals surface area (Å²) in [5.74, 6) is 0.521. The zero-order valence-electron chi connectivity index (χ0n) is 10.8. The van der Waals surface area contributed by atoms with Crippen molar-refractivity contribution in [2.45, 2.75) is 6.92 Å². The van der Waals surface area contributed by atoms with E-state index >= 15 is 0 Å². The van der Waals surface area contributed by atoms with Crippen LogP contribution in [-0.2, 0) is 0 Å². The summed E-state index contributed by atoms with van der Waals surface area (Å²) in [5.41, 5.74) is 3.04. The van der Waals surface area contributed by atoms with Crippen LogP contribution in [0.1, 0.15) is 16.7 Å². The Hall–Kier alpha value is -1.61. The minimum Gasteiger partial charge on any atom is -0.496 e. The van der Waals surface area contributed by atoms with Gasteiger partial charge in [-0.1, -0.05) is 24.8 Å². The largest absolute Gasteiger partial charge is 0.496 e. The fourth-order valence-corrected chi connectivity index (χ4v) is 2.32. The molecule has 0 aromatic heterocycles. The van der Waals surface area contributed by atoms with Crippen LogP contribution in [0, 0.1) is 12.7 Å². The SMILES string of the molecule is C=C(c1ccc(OC)c(C)c1)c1cccc(Br)c1F. The van der Waals surface area contributed by atoms with Crippen molar-refractivity contribution in [3.05, 3.63) is 70.0 Å². The second-order valence-corrected chi connectivity index (χ2v) is 5.12. The lowest BCUT2D eigenvalue weighted by atomic mass is 9.97. The molecule has 0 saturated carbocycles. The van der Waals surface area contributed by atoms with Gasteiger partial charge in [-0.3, -0.25) is 0 Å². The molecule has 2 aromatic carbocycles. The van der Waals surface area contributed by atoms with Gasteiger partial charge in [0.05, 0.1) is 11.6 Å². The maximum atomic E-state index is 14.1. The van der Waals surface area contributed by atoms with E-state index in [0.29, 0.717) is 15.6 Å². The summed E-state index contributed by atoms with van der Waals surface area (Å²) in [6.45, 7) is 5.94. The van der Waals surface area contributed by atoms with Gasteiger partial charge in [0.15, 0.2) is 0 Å². The third-order valence-electron chi connectivity index (χ3n) is 3.02. The molecule has 0 N–H and O–H groups in total. The van der Waals surface area contributed by atoms with Gasteiger partial charge in [0.1, 0.15) is 11.6 Å². The second-order valence-electron chi connectivity index (χ2n) is 4.26. The van der Waals surface area contributed by atoms with Crippen LogP contribution in [-0.4, -0.2) is 7.11 Å². The third kappa shape index (κ3) is 2.71. The fourth-order valence-electron chi connectivity index (χ4n) is 1.96. The summed E-state index contributed by atoms with van der Waals surface area (Å²) in [4.78, 5) is 0. The first-order valence-corrected chi connectivity index (χ1v) is 6.62. The van der Waals surface area contributed by atoms with Crippen molar-refractivity contribution in [1.82, 2.24) is 0 Å². The van der Waals surface area contributed by atoms with E-state index < -0.39 is 0 Å². The van der Waals surface area contributed by atoms with Crippen LogP contribution in [0.15, 0.2) is 47.4 Å². The average Bonchev–Trinajstić information content (AvgIpc) is 2.41. The molecule has 0 amide bonds. The highest BCUT2D eigenvalue weighted by Crippen LogP contribution is 2.30. The molecule has 0 aliphatic carbocycles. The number of hydrogen-bond acceptors (Lipinski definition) is 1. The van der Waals surface area contributed by atoms with Crippen molar-refractivity contribution in [2.24, 2.45) is 0 Å². The monoisotopic (exact) mass is 320 g/mol. The molecule has 0 heterocycles. The standard InChI is InChI=1S/C16H14BrFO/c1-10-9-12(7-8-15(10)19-3)11(2)13-5-4-6-14(17)16(13)18/h4-9H,2H2,1,3H3. The van der Waals surface area contributed by atoms with E-state index in [1.807, 2.05) is 25.1 Å². The molecule has 19 heavy (non-hydrogen) atoms. The van der Waals surface area contributed by atoms with Crippen LogP contribution >= 0.6 is 15.9 Å². The molecule has 2 rings (SSSR count). The molecule has 0 unspecified atom stereocenters. The lowest BCUT2D eigenvalue weighted by molar-refractivity contribution is 0.411. The van der Waals surface area contributed by atoms with E-state index in [-0.39, 0.29) is 5.82 Å². The summed E-state index contributed by atoms with van der Waals surface area (Å²) in [7, 11) is 1.63. The Morgan fingerprint density at radius 1 is 1.26 bits per heavy atom. The van der Waals surface area contributed by atoms with Crippen molar-refractivity contribution < 1.29 is 9.13 Å². The Labute approximate surface area is 120 Å². The first-order valence-electron chi connectivity index (χ1n) is 5.83. The van der Waals surface area contributed by atoms with Crippen molar-refractivity contribution in [3.63, 3.8) is 0 Å². The molecule has 1 nitrogen and oxygen atoms in total. The topological polar surface area (TPSA) is 9.23 Å². The minimum atomic E-state index is -0.291. The molecule has 0 bridgehead atoms. The number of rotatable bonds is 3. The van der Waals surface area contributed by atoms with Gasteiger partial charge in [0, 0.05) is 5.56 Å². The van der Waals surface area contributed by atoms with Gasteiger partial charge in [-0.25, -0.2) is 4.39 Å². The van der Waals surface area contributed by atoms with Gasteiger partial charge in [0.2, 0.25) is 0 Å². The van der Waals surface area contributed by atoms with Crippen LogP contribution < -0.4 is 4.74 Å². The van der Waals surface area contributed by atoms with Gasteiger partial charge in [-0.2, -0.15) is 0 Å². The Morgan fingerprint density at radius 2 is 2.00 bits per heavy atom. The lowest BCUT2D eigenvalue weighted by Crippen LogP contribution is -1.94. The Balaban J connectivity index is 2.44. The van der Waals surface area contributed by atoms with E-state index in [1.54, 1.807) is 25.3 Å². The normalized spacial score (nSPS) is 10.3. The zero-order chi connectivity index (χ0) is 14.0. The van der Waals surface area contributed by atoms with E-state index in [1.165, 1.54) is 0 Å². The fraction of sp³-hybridized carbons (Fsp3) is 0.125. The van der Waals surface area contributed by atoms with Crippen molar-refractivity contribution >= 4 is 21.5 Å². The molecule has 0 aliphatic rings. The highest BCUT2D eigenvalue weighted by molar-refractivity contribution is 9.10. The molecule has 0 fully saturated rings. The number of ether oxygens (including phenoxy) is 1. The van der Waals surface area contributed by atoms with Crippen LogP contribution in [0.3, 0.4) is 0 Å². The molecule has 0 atom stereocenters. The Kier molecular flexibility index (Phi) is 4.05. The van der Waals surface area contributed by atoms with Crippen molar-refractivity contribution in [1.29, 1.82) is 0 Å². The van der Waals surface area contributed by atoms with Gasteiger partial charge in [0.25, 0.3) is 0 Å². The smallest absolute Gasteiger partial charge is 0.145 e. The summed E-state index contributed by atoms with van der Waals surface area (Å²) in [6.07, 6.45) is 0. The quantitative estimate of drug-likeness (QED) is 0.776. The molecule has 98 valence electrons. The van der Waals surface area contributed by atoms with Crippen LogP contribution in [0.25, 0.3) is 5.57 Å². The van der Waals surface area contributed by atoms with Crippen LogP contribution in [0.4, 0.5) is 4.39 Å². The predicted molar refractivity (Wildman–Crippen MR) is 80.0 cm³/mol. The summed E-state index contributed by atoms with van der Waals surface area (Å²) in [6, 6.07) is 10.9. The maximum absolute atomic E-state index is 14.1. The summed E-state index contributed by atoms with van der Waals surface area (Å²) in [5, 5.41) is 0. The van der Waals surface area contributed by atoms with Crippen LogP contribution in [0.2, 0.25) is 0 Å². The maximum Gasteiger partial charge on any atom is 0.145 e. The summed E-state index contributed by atoms with van der Waals surface area (Å²) >= 11 is 3.19. The molecule has 0 saturated heterocycles. The van der Waals surface area contributed by atoms with Gasteiger partial charge < -0.3 is 4.74 Å². The highest BCUT2D eigenvalue weighted by atomic mass is 79.9. The molecular formula is C16H14BrFO. The zero-order valence-corrected chi connectivity index (χ0v) is 12.4. The molecule has 0 radical (unpaired) electrons. The molecule has 0 aliphatic heterocycles. The van der Waals surface area contributed by atoms with E-state index in [2.05, 4.69) is 22.5 Å². The minimum absolute atomic E-state index is 0.291. The number of aryl methyl sites for hydroxylation is 1. The van der Waals surface area contributed by atoms with Crippen molar-refractivity contribution in [2.75, 3.05) is 7.11 Å². The molecule has 3 heteroatoms. The van der Waals surface area contributed by atoms with Crippen molar-refractivity contribution in [3.8, 4) is 5.75 Å². The van der Waals surface area contributed by atoms with Crippen LogP contribution in [0.5, 0.6) is 5.75 Å². The van der Waals surface area contributed by atoms with Gasteiger partial charge in [-0.05, 0) is 57.8 Å². The first kappa shape index (κ1) is 13.8. The number of halogens is 2. The van der Waals surface area contributed by atoms with E-state index in [4.69, 9.17) is 4.74 Å². The number of methoxy groups -OCH3 is 1. The predicted octanol–water partition coefficient (Wildman–Crippen LogP) is 4.97. The molecule has 2 aromatic rings. The highest BCUT2D eigenvalue weighted by Gasteiger charge is 2.11. The van der Waals surface area contributed by atoms with E-state index in [0.717, 1.165) is 16.9 Å². The Bertz CT molecular complexity index is 635. The van der Waals surface area contributed by atoms with Gasteiger partial charge >= 0.3 is 0 Å². The molecule has 0 spiro atoms.